The number of benzene rings is 1. The number of amides is 1. The molecule has 1 aliphatic carbocycles. The number of aliphatic hydroxyl groups is 2. The van der Waals surface area contributed by atoms with Crippen LogP contribution in [0.2, 0.25) is 0 Å². The molecule has 5 aliphatic rings. The topological polar surface area (TPSA) is 360 Å². The Bertz CT molecular complexity index is 3200. The summed E-state index contributed by atoms with van der Waals surface area (Å²) in [5.74, 6) is -10.5. The maximum Gasteiger partial charge on any atom is 0.330 e. The summed E-state index contributed by atoms with van der Waals surface area (Å²) in [5, 5.41) is 41.0. The summed E-state index contributed by atoms with van der Waals surface area (Å²) in [6.07, 6.45) is 5.85. The van der Waals surface area contributed by atoms with Crippen LogP contribution in [-0.2, 0) is 47.6 Å². The van der Waals surface area contributed by atoms with E-state index in [9.17, 15) is 58.5 Å². The van der Waals surface area contributed by atoms with Crippen LogP contribution in [-0.4, -0.2) is 134 Å². The van der Waals surface area contributed by atoms with Gasteiger partial charge in [0.2, 0.25) is 11.6 Å². The van der Waals surface area contributed by atoms with E-state index in [-0.39, 0.29) is 77.6 Å². The van der Waals surface area contributed by atoms with E-state index in [4.69, 9.17) is 38.7 Å². The van der Waals surface area contributed by atoms with Crippen molar-refractivity contribution in [2.75, 3.05) is 26.1 Å². The Morgan fingerprint density at radius 3 is 2.25 bits per heavy atom. The van der Waals surface area contributed by atoms with E-state index in [1.165, 1.54) is 70.7 Å². The predicted molar refractivity (Wildman–Crippen MR) is 307 cm³/mol. The Hall–Kier alpha value is -7.35. The smallest absolute Gasteiger partial charge is 0.330 e. The summed E-state index contributed by atoms with van der Waals surface area (Å²) in [6.45, 7) is 13.6. The van der Waals surface area contributed by atoms with Gasteiger partial charge in [-0.3, -0.25) is 47.9 Å². The van der Waals surface area contributed by atoms with E-state index in [2.05, 4.69) is 20.3 Å². The third-order valence-electron chi connectivity index (χ3n) is 15.7. The first-order valence-corrected chi connectivity index (χ1v) is 29.2. The van der Waals surface area contributed by atoms with Gasteiger partial charge in [-0.2, -0.15) is 0 Å². The molecule has 85 heavy (non-hydrogen) atoms. The molecule has 12 atom stereocenters. The highest BCUT2D eigenvalue weighted by molar-refractivity contribution is 8.04. The number of phenols is 1. The van der Waals surface area contributed by atoms with Gasteiger partial charge in [-0.05, 0) is 57.4 Å². The lowest BCUT2D eigenvalue weighted by Gasteiger charge is -2.38. The first kappa shape index (κ1) is 66.8. The lowest BCUT2D eigenvalue weighted by atomic mass is 9.78. The molecule has 2 aromatic rings. The van der Waals surface area contributed by atoms with Gasteiger partial charge in [-0.1, -0.05) is 70.3 Å². The minimum Gasteiger partial charge on any atom is -0.507 e. The number of allylic oxidation sites excluding steroid dienone is 4. The van der Waals surface area contributed by atoms with Gasteiger partial charge in [0, 0.05) is 91.7 Å². The third kappa shape index (κ3) is 15.8. The number of Topliss-reactive ketones (excluding diaryl/α,β-unsaturated/α-hetero) is 3. The molecular weight excluding hydrogens is 1130 g/mol. The van der Waals surface area contributed by atoms with E-state index in [0.717, 1.165) is 18.0 Å². The summed E-state index contributed by atoms with van der Waals surface area (Å²) in [6, 6.07) is -0.764. The monoisotopic (exact) mass is 1200 g/mol. The Balaban J connectivity index is 1.08. The van der Waals surface area contributed by atoms with Gasteiger partial charge < -0.3 is 53.8 Å². The second kappa shape index (κ2) is 29.6. The Morgan fingerprint density at radius 2 is 1.56 bits per heavy atom. The average Bonchev–Trinajstić information content (AvgIpc) is 1.72. The van der Waals surface area contributed by atoms with E-state index in [1.807, 2.05) is 0 Å². The lowest BCUT2D eigenvalue weighted by Crippen LogP contribution is -2.46. The van der Waals surface area contributed by atoms with Crippen LogP contribution < -0.4 is 21.3 Å². The van der Waals surface area contributed by atoms with Crippen molar-refractivity contribution < 1.29 is 82.0 Å². The number of aromatic amines is 1. The van der Waals surface area contributed by atoms with Gasteiger partial charge in [-0.15, -0.1) is 11.8 Å². The molecule has 25 nitrogen and oxygen atoms in total. The third-order valence-corrected chi connectivity index (χ3v) is 16.9. The van der Waals surface area contributed by atoms with Gasteiger partial charge in [0.15, 0.2) is 0 Å². The van der Waals surface area contributed by atoms with Gasteiger partial charge in [0.05, 0.1) is 58.8 Å². The number of thioether (sulfide) groups is 1. The van der Waals surface area contributed by atoms with Crippen molar-refractivity contribution >= 4 is 52.9 Å². The predicted octanol–water partition coefficient (Wildman–Crippen LogP) is 6.72. The lowest BCUT2D eigenvalue weighted by molar-refractivity contribution is -0.160. The fraction of sp³-hybridized carbons (Fsp3) is 0.576. The molecule has 1 amide bonds. The van der Waals surface area contributed by atoms with Crippen LogP contribution in [0.4, 0.5) is 0 Å². The molecule has 0 spiro atoms. The highest BCUT2D eigenvalue weighted by Crippen LogP contribution is 2.50. The number of phenolic OH excluding ortho intramolecular Hbond substituents is 1. The number of aromatic hydroxyl groups is 1. The van der Waals surface area contributed by atoms with Crippen molar-refractivity contribution in [1.82, 2.24) is 14.9 Å². The summed E-state index contributed by atoms with van der Waals surface area (Å²) < 4.78 is 41.3. The number of methoxy groups -OCH3 is 1. The van der Waals surface area contributed by atoms with Crippen molar-refractivity contribution in [2.24, 2.45) is 28.8 Å². The summed E-state index contributed by atoms with van der Waals surface area (Å²) in [7, 11) is 1.41. The molecular formula is C59H76N6O19S. The number of hydrogen-bond donors (Lipinski definition) is 5. The zero-order chi connectivity index (χ0) is 62.6. The number of aryl methyl sites for hydroxylation is 1. The number of carbonyl (C=O) groups is 7. The van der Waals surface area contributed by atoms with E-state index < -0.39 is 147 Å². The van der Waals surface area contributed by atoms with Crippen LogP contribution in [0.15, 0.2) is 67.6 Å². The van der Waals surface area contributed by atoms with E-state index in [1.54, 1.807) is 33.8 Å². The molecule has 0 saturated carbocycles. The van der Waals surface area contributed by atoms with Gasteiger partial charge in [0.1, 0.15) is 42.2 Å². The molecule has 7 rings (SSSR count). The quantitative estimate of drug-likeness (QED) is 0.0243. The average molecular weight is 1210 g/mol. The fourth-order valence-electron chi connectivity index (χ4n) is 10.6. The number of fused-ring (bicyclic) bond motifs is 14. The van der Waals surface area contributed by atoms with Crippen molar-refractivity contribution in [2.45, 2.75) is 169 Å². The Morgan fingerprint density at radius 1 is 0.882 bits per heavy atom. The molecule has 5 N–H and O–H groups in total. The van der Waals surface area contributed by atoms with Gasteiger partial charge in [0.25, 0.3) is 17.2 Å². The maximum absolute atomic E-state index is 14.9. The highest BCUT2D eigenvalue weighted by Gasteiger charge is 2.53. The Kier molecular flexibility index (Phi) is 23.3. The van der Waals surface area contributed by atoms with Gasteiger partial charge >= 0.3 is 29.4 Å². The number of ether oxygens (including phenoxy) is 7. The number of H-pyrrole nitrogens is 1. The van der Waals surface area contributed by atoms with Crippen LogP contribution in [0.3, 0.4) is 0 Å². The van der Waals surface area contributed by atoms with Crippen molar-refractivity contribution in [3.8, 4) is 11.5 Å². The molecule has 0 unspecified atom stereocenters. The summed E-state index contributed by atoms with van der Waals surface area (Å²) in [4.78, 5) is 125. The maximum atomic E-state index is 14.9. The molecule has 1 saturated heterocycles. The first-order valence-electron chi connectivity index (χ1n) is 28.3. The molecule has 26 heteroatoms. The number of unbranched alkanes of at least 4 members (excludes halogenated alkanes) is 4. The first-order chi connectivity index (χ1) is 40.3. The van der Waals surface area contributed by atoms with Crippen LogP contribution in [0.5, 0.6) is 11.5 Å². The standard InChI is InChI=1S/C59H76N6O19S/c1-29-18-16-19-30(2)56(75)61-46-50(72)44-43(45-53(35(7)49(44)71)84-59(9,55(45)74)81-24-22-38(78-10)32(4)52(82-36(8)66)34(6)48(70)33(5)47(29)69)51(73)54(46)85-25-15-13-11-12-14-23-79-41(67)20-17-21-42(68)80-28-39-37(63-64-60)26-40(83-39)65-27-31(3)57(76)62-58(65)77/h16,18-19,22,24,27,29,32-34,37-40,47-48,52,69-71H,11-15,17,20-21,23,25-26,28H2,1-10H3,(H,61,75)(H,62,76,77)/b18-16-,24-22?,30-19-/t29-,32+,33+,34+,37-,38-,39+,40+,47-,48+,52+,59-/m0/s1. The van der Waals surface area contributed by atoms with Crippen LogP contribution in [0.25, 0.3) is 10.4 Å². The molecule has 4 aliphatic heterocycles. The van der Waals surface area contributed by atoms with Crippen LogP contribution >= 0.6 is 11.8 Å². The SMILES string of the molecule is CO[C@H]1C=CO[C@@]2(C)Oc3c(C)c(O)c4c(c3C2=O)C(=O)C(SCCCCCCCOC(=O)CCCC(=O)OC[C@H]2O[C@@H](n3cc(C)c(=O)[nH]c3=O)C[C@@H]2N=[N+]=[N-])=C(NC(=O)/C(C)=C\C=C/[C@H](C)[C@H](O)[C@@H](C)[C@@H](O)[C@@H](C)[C@H](OC(C)=O)[C@@H]1C)C4=O. The van der Waals surface area contributed by atoms with Crippen LogP contribution in [0.1, 0.15) is 155 Å². The number of ketones is 3. The number of aromatic nitrogens is 2. The number of carbonyl (C=O) groups excluding carboxylic acids is 7. The number of azide groups is 1. The van der Waals surface area contributed by atoms with Crippen molar-refractivity contribution in [3.63, 3.8) is 0 Å². The van der Waals surface area contributed by atoms with Crippen molar-refractivity contribution in [3.05, 3.63) is 112 Å². The number of nitrogens with one attached hydrogen (secondary N) is 2. The van der Waals surface area contributed by atoms with Crippen LogP contribution in [0, 0.1) is 37.5 Å². The van der Waals surface area contributed by atoms with Gasteiger partial charge in [-0.25, -0.2) is 4.79 Å². The molecule has 1 aromatic carbocycles. The largest absolute Gasteiger partial charge is 0.507 e. The summed E-state index contributed by atoms with van der Waals surface area (Å²) in [5.41, 5.74) is 6.50. The minimum absolute atomic E-state index is 0.0419. The zero-order valence-corrected chi connectivity index (χ0v) is 50.2. The van der Waals surface area contributed by atoms with Crippen molar-refractivity contribution in [1.29, 1.82) is 0 Å². The molecule has 1 fully saturated rings. The van der Waals surface area contributed by atoms with E-state index >= 15 is 0 Å². The molecule has 1 aromatic heterocycles. The molecule has 462 valence electrons. The fourth-order valence-corrected chi connectivity index (χ4v) is 11.7. The zero-order valence-electron chi connectivity index (χ0n) is 49.4. The molecule has 5 bridgehead atoms. The molecule has 0 radical (unpaired) electrons. The number of hydrogen-bond acceptors (Lipinski definition) is 21. The number of rotatable bonds is 19. The molecule has 5 heterocycles. The number of aliphatic hydroxyl groups excluding tert-OH is 2. The van der Waals surface area contributed by atoms with E-state index in [0.29, 0.717) is 32.1 Å². The second-order valence-electron chi connectivity index (χ2n) is 22.0. The number of nitrogens with zero attached hydrogens (tertiary/aromatic N) is 4. The normalized spacial score (nSPS) is 28.1. The minimum atomic E-state index is -2.14. The number of esters is 3. The second-order valence-corrected chi connectivity index (χ2v) is 23.1. The summed E-state index contributed by atoms with van der Waals surface area (Å²) >= 11 is 0.991. The Labute approximate surface area is 495 Å². The highest BCUT2D eigenvalue weighted by atomic mass is 32.2.